The Kier molecular flexibility index (Phi) is 3.96. The second-order valence-electron chi connectivity index (χ2n) is 3.66. The average molecular weight is 276 g/mol. The third-order valence-electron chi connectivity index (χ3n) is 2.20. The molecule has 0 unspecified atom stereocenters. The van der Waals surface area contributed by atoms with Gasteiger partial charge in [0.1, 0.15) is 10.1 Å². The van der Waals surface area contributed by atoms with Gasteiger partial charge in [-0.05, 0) is 36.9 Å². The fourth-order valence-electron chi connectivity index (χ4n) is 1.36. The number of esters is 1. The number of nitrogens with zero attached hydrogens (tertiary/aromatic N) is 3. The lowest BCUT2D eigenvalue weighted by atomic mass is 10.4. The number of anilines is 1. The van der Waals surface area contributed by atoms with Crippen LogP contribution in [0.4, 0.5) is 5.69 Å². The summed E-state index contributed by atoms with van der Waals surface area (Å²) in [6.07, 6.45) is 1.65. The molecule has 2 aromatic heterocycles. The van der Waals surface area contributed by atoms with E-state index in [0.717, 1.165) is 0 Å². The van der Waals surface area contributed by atoms with Crippen LogP contribution in [0.1, 0.15) is 16.3 Å². The molecule has 0 saturated heterocycles. The summed E-state index contributed by atoms with van der Waals surface area (Å²) in [5.74, 6) is -0.543. The standard InChI is InChI=1S/C12H12N4O2S/c1-7-6-9(16-10(15-7)12(17)18-2)19-11-8(13)4-3-5-14-11/h3-6H,13H2,1-2H3. The van der Waals surface area contributed by atoms with Crippen LogP contribution >= 0.6 is 11.8 Å². The fraction of sp³-hybridized carbons (Fsp3) is 0.167. The largest absolute Gasteiger partial charge is 0.463 e. The molecule has 7 heteroatoms. The van der Waals surface area contributed by atoms with E-state index in [9.17, 15) is 4.79 Å². The molecule has 0 aromatic carbocycles. The monoisotopic (exact) mass is 276 g/mol. The summed E-state index contributed by atoms with van der Waals surface area (Å²) in [5, 5.41) is 1.23. The molecule has 0 amide bonds. The normalized spacial score (nSPS) is 10.2. The first-order chi connectivity index (χ1) is 9.10. The molecule has 0 radical (unpaired) electrons. The zero-order valence-corrected chi connectivity index (χ0v) is 11.3. The van der Waals surface area contributed by atoms with Gasteiger partial charge in [-0.1, -0.05) is 0 Å². The number of carbonyl (C=O) groups excluding carboxylic acids is 1. The van der Waals surface area contributed by atoms with Gasteiger partial charge < -0.3 is 10.5 Å². The van der Waals surface area contributed by atoms with E-state index in [1.54, 1.807) is 31.3 Å². The van der Waals surface area contributed by atoms with Crippen molar-refractivity contribution in [3.05, 3.63) is 35.9 Å². The quantitative estimate of drug-likeness (QED) is 0.673. The first kappa shape index (κ1) is 13.3. The predicted octanol–water partition coefficient (Wildman–Crippen LogP) is 1.70. The number of nitrogen functional groups attached to an aromatic ring is 1. The molecule has 0 spiro atoms. The molecule has 0 atom stereocenters. The lowest BCUT2D eigenvalue weighted by Crippen LogP contribution is -2.08. The fourth-order valence-corrected chi connectivity index (χ4v) is 2.22. The first-order valence-electron chi connectivity index (χ1n) is 5.42. The zero-order valence-electron chi connectivity index (χ0n) is 10.5. The van der Waals surface area contributed by atoms with Crippen molar-refractivity contribution in [2.75, 3.05) is 12.8 Å². The van der Waals surface area contributed by atoms with Crippen LogP contribution in [0.25, 0.3) is 0 Å². The zero-order chi connectivity index (χ0) is 13.8. The van der Waals surface area contributed by atoms with Gasteiger partial charge in [-0.2, -0.15) is 0 Å². The molecule has 19 heavy (non-hydrogen) atoms. The van der Waals surface area contributed by atoms with Gasteiger partial charge in [-0.15, -0.1) is 0 Å². The number of ether oxygens (including phenoxy) is 1. The Labute approximate surface area is 114 Å². The average Bonchev–Trinajstić information content (AvgIpc) is 2.40. The van der Waals surface area contributed by atoms with Gasteiger partial charge in [0, 0.05) is 11.9 Å². The second kappa shape index (κ2) is 5.66. The van der Waals surface area contributed by atoms with Crippen LogP contribution in [0, 0.1) is 6.92 Å². The van der Waals surface area contributed by atoms with E-state index in [0.29, 0.717) is 21.4 Å². The highest BCUT2D eigenvalue weighted by Gasteiger charge is 2.13. The van der Waals surface area contributed by atoms with E-state index in [-0.39, 0.29) is 5.82 Å². The van der Waals surface area contributed by atoms with Crippen LogP contribution in [-0.2, 0) is 4.74 Å². The predicted molar refractivity (Wildman–Crippen MR) is 70.9 cm³/mol. The molecule has 2 N–H and O–H groups in total. The maximum absolute atomic E-state index is 11.4. The molecule has 0 fully saturated rings. The molecule has 0 aliphatic carbocycles. The summed E-state index contributed by atoms with van der Waals surface area (Å²) in [7, 11) is 1.29. The minimum atomic E-state index is -0.570. The van der Waals surface area contributed by atoms with Crippen LogP contribution in [0.3, 0.4) is 0 Å². The molecule has 6 nitrogen and oxygen atoms in total. The number of rotatable bonds is 3. The van der Waals surface area contributed by atoms with E-state index in [4.69, 9.17) is 5.73 Å². The van der Waals surface area contributed by atoms with Gasteiger partial charge in [0.25, 0.3) is 0 Å². The van der Waals surface area contributed by atoms with Crippen molar-refractivity contribution < 1.29 is 9.53 Å². The Bertz CT molecular complexity index is 618. The maximum Gasteiger partial charge on any atom is 0.376 e. The summed E-state index contributed by atoms with van der Waals surface area (Å²) in [5.41, 5.74) is 7.04. The van der Waals surface area contributed by atoms with Gasteiger partial charge in [-0.25, -0.2) is 19.7 Å². The summed E-state index contributed by atoms with van der Waals surface area (Å²) in [4.78, 5) is 23.7. The molecular formula is C12H12N4O2S. The molecule has 98 valence electrons. The van der Waals surface area contributed by atoms with Gasteiger partial charge in [0.15, 0.2) is 0 Å². The molecule has 2 heterocycles. The number of methoxy groups -OCH3 is 1. The highest BCUT2D eigenvalue weighted by atomic mass is 32.2. The molecular weight excluding hydrogens is 264 g/mol. The highest BCUT2D eigenvalue weighted by Crippen LogP contribution is 2.28. The number of pyridine rings is 1. The minimum absolute atomic E-state index is 0.0273. The Morgan fingerprint density at radius 3 is 2.89 bits per heavy atom. The molecule has 2 rings (SSSR count). The molecule has 0 bridgehead atoms. The molecule has 2 aromatic rings. The van der Waals surface area contributed by atoms with Crippen molar-refractivity contribution in [3.8, 4) is 0 Å². The van der Waals surface area contributed by atoms with E-state index in [1.165, 1.54) is 18.9 Å². The van der Waals surface area contributed by atoms with Crippen LogP contribution < -0.4 is 5.73 Å². The molecule has 0 aliphatic heterocycles. The van der Waals surface area contributed by atoms with Crippen LogP contribution in [0.2, 0.25) is 0 Å². The Morgan fingerprint density at radius 2 is 2.21 bits per heavy atom. The Balaban J connectivity index is 2.33. The number of hydrogen-bond donors (Lipinski definition) is 1. The highest BCUT2D eigenvalue weighted by molar-refractivity contribution is 7.99. The van der Waals surface area contributed by atoms with Crippen molar-refractivity contribution >= 4 is 23.4 Å². The van der Waals surface area contributed by atoms with Crippen molar-refractivity contribution in [3.63, 3.8) is 0 Å². The van der Waals surface area contributed by atoms with Crippen molar-refractivity contribution in [2.24, 2.45) is 0 Å². The number of hydrogen-bond acceptors (Lipinski definition) is 7. The van der Waals surface area contributed by atoms with Crippen molar-refractivity contribution in [2.45, 2.75) is 17.0 Å². The van der Waals surface area contributed by atoms with E-state index in [2.05, 4.69) is 19.7 Å². The van der Waals surface area contributed by atoms with Crippen LogP contribution in [0.5, 0.6) is 0 Å². The lowest BCUT2D eigenvalue weighted by Gasteiger charge is -2.05. The van der Waals surface area contributed by atoms with E-state index < -0.39 is 5.97 Å². The Morgan fingerprint density at radius 1 is 1.42 bits per heavy atom. The Hall–Kier alpha value is -2.15. The smallest absolute Gasteiger partial charge is 0.376 e. The van der Waals surface area contributed by atoms with Crippen molar-refractivity contribution in [1.29, 1.82) is 0 Å². The van der Waals surface area contributed by atoms with Gasteiger partial charge in [0.2, 0.25) is 5.82 Å². The SMILES string of the molecule is COC(=O)c1nc(C)cc(Sc2ncccc2N)n1. The summed E-state index contributed by atoms with van der Waals surface area (Å²) >= 11 is 1.28. The third-order valence-corrected chi connectivity index (χ3v) is 3.15. The third kappa shape index (κ3) is 3.19. The molecule has 0 saturated carbocycles. The number of aryl methyl sites for hydroxylation is 1. The van der Waals surface area contributed by atoms with Gasteiger partial charge in [0.05, 0.1) is 12.8 Å². The number of nitrogens with two attached hydrogens (primary N) is 1. The van der Waals surface area contributed by atoms with Gasteiger partial charge in [-0.3, -0.25) is 0 Å². The van der Waals surface area contributed by atoms with E-state index >= 15 is 0 Å². The summed E-state index contributed by atoms with van der Waals surface area (Å²) in [6.45, 7) is 1.78. The van der Waals surface area contributed by atoms with Crippen LogP contribution in [-0.4, -0.2) is 28.0 Å². The summed E-state index contributed by atoms with van der Waals surface area (Å²) < 4.78 is 4.61. The number of carbonyl (C=O) groups is 1. The first-order valence-corrected chi connectivity index (χ1v) is 6.24. The van der Waals surface area contributed by atoms with Crippen LogP contribution in [0.15, 0.2) is 34.4 Å². The van der Waals surface area contributed by atoms with Gasteiger partial charge >= 0.3 is 5.97 Å². The molecule has 0 aliphatic rings. The topological polar surface area (TPSA) is 91.0 Å². The number of aromatic nitrogens is 3. The lowest BCUT2D eigenvalue weighted by molar-refractivity contribution is 0.0585. The minimum Gasteiger partial charge on any atom is -0.463 e. The maximum atomic E-state index is 11.4. The van der Waals surface area contributed by atoms with E-state index in [1.807, 2.05) is 0 Å². The second-order valence-corrected chi connectivity index (χ2v) is 4.67. The van der Waals surface area contributed by atoms with Crippen molar-refractivity contribution in [1.82, 2.24) is 15.0 Å². The summed E-state index contributed by atoms with van der Waals surface area (Å²) in [6, 6.07) is 5.26.